The lowest BCUT2D eigenvalue weighted by Gasteiger charge is -2.37. The van der Waals surface area contributed by atoms with Crippen molar-refractivity contribution in [2.75, 3.05) is 13.7 Å². The molecule has 1 atom stereocenters. The van der Waals surface area contributed by atoms with Crippen LogP contribution in [0, 0.1) is 6.92 Å². The summed E-state index contributed by atoms with van der Waals surface area (Å²) >= 11 is 0. The van der Waals surface area contributed by atoms with Crippen LogP contribution in [0.4, 0.5) is 0 Å². The Balaban J connectivity index is 1.55. The Hall–Kier alpha value is -2.26. The van der Waals surface area contributed by atoms with Crippen LogP contribution < -0.4 is 4.74 Å². The van der Waals surface area contributed by atoms with E-state index in [-0.39, 0.29) is 0 Å². The zero-order valence-electron chi connectivity index (χ0n) is 17.0. The number of likely N-dealkylation sites (tertiary alicyclic amines) is 1. The van der Waals surface area contributed by atoms with E-state index in [9.17, 15) is 0 Å². The molecule has 1 aromatic heterocycles. The molecule has 0 unspecified atom stereocenters. The number of H-pyrrole nitrogens is 1. The van der Waals surface area contributed by atoms with Crippen LogP contribution in [0.1, 0.15) is 66.3 Å². The third-order valence-corrected chi connectivity index (χ3v) is 6.68. The molecule has 0 spiro atoms. The number of piperidine rings is 1. The number of benzene rings is 2. The normalized spacial score (nSPS) is 20.6. The molecular formula is C25H30N2O. The second-order valence-corrected chi connectivity index (χ2v) is 8.53. The van der Waals surface area contributed by atoms with Gasteiger partial charge in [-0.2, -0.15) is 0 Å². The quantitative estimate of drug-likeness (QED) is 0.585. The van der Waals surface area contributed by atoms with Gasteiger partial charge in [0.05, 0.1) is 7.11 Å². The maximum atomic E-state index is 5.71. The minimum atomic E-state index is 0.437. The molecule has 3 nitrogen and oxygen atoms in total. The number of rotatable bonds is 5. The van der Waals surface area contributed by atoms with E-state index in [0.29, 0.717) is 6.04 Å². The van der Waals surface area contributed by atoms with Gasteiger partial charge in [0, 0.05) is 35.2 Å². The summed E-state index contributed by atoms with van der Waals surface area (Å²) in [6.45, 7) is 4.43. The van der Waals surface area contributed by atoms with Gasteiger partial charge in [-0.05, 0) is 73.9 Å². The second kappa shape index (κ2) is 7.29. The number of aromatic nitrogens is 1. The molecule has 1 aliphatic carbocycles. The molecule has 0 bridgehead atoms. The summed E-state index contributed by atoms with van der Waals surface area (Å²) in [6, 6.07) is 13.8. The summed E-state index contributed by atoms with van der Waals surface area (Å²) in [5.74, 6) is 1.79. The van der Waals surface area contributed by atoms with Crippen LogP contribution in [0.5, 0.6) is 5.75 Å². The predicted molar refractivity (Wildman–Crippen MR) is 115 cm³/mol. The van der Waals surface area contributed by atoms with Crippen molar-refractivity contribution in [2.24, 2.45) is 0 Å². The van der Waals surface area contributed by atoms with Crippen LogP contribution in [-0.2, 0) is 6.54 Å². The Bertz CT molecular complexity index is 985. The van der Waals surface area contributed by atoms with Crippen LogP contribution in [0.25, 0.3) is 10.9 Å². The van der Waals surface area contributed by atoms with E-state index < -0.39 is 0 Å². The molecule has 1 aliphatic heterocycles. The van der Waals surface area contributed by atoms with E-state index in [1.807, 2.05) is 0 Å². The summed E-state index contributed by atoms with van der Waals surface area (Å²) in [5.41, 5.74) is 7.17. The third kappa shape index (κ3) is 3.12. The van der Waals surface area contributed by atoms with Crippen molar-refractivity contribution in [3.05, 3.63) is 64.8 Å². The van der Waals surface area contributed by atoms with Crippen molar-refractivity contribution in [1.29, 1.82) is 0 Å². The number of methoxy groups -OCH3 is 1. The van der Waals surface area contributed by atoms with E-state index in [0.717, 1.165) is 24.8 Å². The summed E-state index contributed by atoms with van der Waals surface area (Å²) in [7, 11) is 1.79. The third-order valence-electron chi connectivity index (χ3n) is 6.68. The lowest BCUT2D eigenvalue weighted by atomic mass is 9.91. The average molecular weight is 375 g/mol. The Morgan fingerprint density at radius 3 is 2.75 bits per heavy atom. The highest BCUT2D eigenvalue weighted by Gasteiger charge is 2.31. The van der Waals surface area contributed by atoms with E-state index in [2.05, 4.69) is 59.4 Å². The number of hydrogen-bond donors (Lipinski definition) is 1. The molecular weight excluding hydrogens is 344 g/mol. The first-order chi connectivity index (χ1) is 13.8. The van der Waals surface area contributed by atoms with Crippen molar-refractivity contribution in [1.82, 2.24) is 9.88 Å². The summed E-state index contributed by atoms with van der Waals surface area (Å²) < 4.78 is 5.71. The molecule has 2 aromatic carbocycles. The lowest BCUT2D eigenvalue weighted by Crippen LogP contribution is -2.33. The first-order valence-corrected chi connectivity index (χ1v) is 10.7. The fourth-order valence-electron chi connectivity index (χ4n) is 5.11. The SMILES string of the molecule is COc1ccccc1[C@@H]1CCCCN1Cc1c(C2CC2)cc(C)c2[nH]ccc12. The zero-order chi connectivity index (χ0) is 19.1. The van der Waals surface area contributed by atoms with Crippen molar-refractivity contribution >= 4 is 10.9 Å². The fourth-order valence-corrected chi connectivity index (χ4v) is 5.11. The molecule has 1 saturated heterocycles. The average Bonchev–Trinajstić information content (AvgIpc) is 3.45. The van der Waals surface area contributed by atoms with Gasteiger partial charge >= 0.3 is 0 Å². The van der Waals surface area contributed by atoms with Gasteiger partial charge in [-0.3, -0.25) is 4.90 Å². The molecule has 3 heteroatoms. The van der Waals surface area contributed by atoms with Crippen LogP contribution in [-0.4, -0.2) is 23.5 Å². The van der Waals surface area contributed by atoms with E-state index in [4.69, 9.17) is 4.74 Å². The van der Waals surface area contributed by atoms with E-state index in [1.165, 1.54) is 54.1 Å². The molecule has 0 amide bonds. The van der Waals surface area contributed by atoms with Gasteiger partial charge in [-0.15, -0.1) is 0 Å². The molecule has 2 heterocycles. The number of hydrogen-bond acceptors (Lipinski definition) is 2. The Labute approximate surface area is 167 Å². The van der Waals surface area contributed by atoms with E-state index in [1.54, 1.807) is 18.2 Å². The number of ether oxygens (including phenoxy) is 1. The maximum absolute atomic E-state index is 5.71. The predicted octanol–water partition coefficient (Wildman–Crippen LogP) is 6.09. The monoisotopic (exact) mass is 374 g/mol. The molecule has 2 aliphatic rings. The Kier molecular flexibility index (Phi) is 4.64. The first-order valence-electron chi connectivity index (χ1n) is 10.7. The number of fused-ring (bicyclic) bond motifs is 1. The molecule has 1 saturated carbocycles. The smallest absolute Gasteiger partial charge is 0.123 e. The van der Waals surface area contributed by atoms with Crippen LogP contribution in [0.2, 0.25) is 0 Å². The van der Waals surface area contributed by atoms with E-state index >= 15 is 0 Å². The second-order valence-electron chi connectivity index (χ2n) is 8.53. The summed E-state index contributed by atoms with van der Waals surface area (Å²) in [6.07, 6.45) is 8.58. The highest BCUT2D eigenvalue weighted by molar-refractivity contribution is 5.87. The molecule has 28 heavy (non-hydrogen) atoms. The van der Waals surface area contributed by atoms with Crippen molar-refractivity contribution < 1.29 is 4.74 Å². The van der Waals surface area contributed by atoms with Gasteiger partial charge in [-0.25, -0.2) is 0 Å². The lowest BCUT2D eigenvalue weighted by molar-refractivity contribution is 0.138. The maximum Gasteiger partial charge on any atom is 0.123 e. The largest absolute Gasteiger partial charge is 0.496 e. The number of para-hydroxylation sites is 1. The molecule has 0 radical (unpaired) electrons. The topological polar surface area (TPSA) is 28.3 Å². The number of nitrogens with one attached hydrogen (secondary N) is 1. The van der Waals surface area contributed by atoms with Crippen molar-refractivity contribution in [3.63, 3.8) is 0 Å². The van der Waals surface area contributed by atoms with Gasteiger partial charge in [0.1, 0.15) is 5.75 Å². The Morgan fingerprint density at radius 2 is 1.93 bits per heavy atom. The van der Waals surface area contributed by atoms with Crippen molar-refractivity contribution in [2.45, 2.75) is 57.5 Å². The standard InChI is InChI=1S/C25H30N2O/c1-17-15-21(18-10-11-18)22(19-12-13-26-25(17)19)16-27-14-6-5-8-23(27)20-7-3-4-9-24(20)28-2/h3-4,7,9,12-13,15,18,23,26H,5-6,8,10-11,14,16H2,1-2H3/t23-/m0/s1. The first kappa shape index (κ1) is 17.8. The molecule has 3 aromatic rings. The van der Waals surface area contributed by atoms with Crippen LogP contribution in [0.3, 0.4) is 0 Å². The van der Waals surface area contributed by atoms with Gasteiger partial charge < -0.3 is 9.72 Å². The van der Waals surface area contributed by atoms with Crippen molar-refractivity contribution in [3.8, 4) is 5.75 Å². The van der Waals surface area contributed by atoms with Crippen LogP contribution >= 0.6 is 0 Å². The van der Waals surface area contributed by atoms with Gasteiger partial charge in [0.25, 0.3) is 0 Å². The molecule has 5 rings (SSSR count). The fraction of sp³-hybridized carbons (Fsp3) is 0.440. The highest BCUT2D eigenvalue weighted by Crippen LogP contribution is 2.45. The van der Waals surface area contributed by atoms with Gasteiger partial charge in [-0.1, -0.05) is 30.7 Å². The number of aromatic amines is 1. The summed E-state index contributed by atoms with van der Waals surface area (Å²) in [5, 5.41) is 1.42. The highest BCUT2D eigenvalue weighted by atomic mass is 16.5. The minimum absolute atomic E-state index is 0.437. The summed E-state index contributed by atoms with van der Waals surface area (Å²) in [4.78, 5) is 6.17. The van der Waals surface area contributed by atoms with Gasteiger partial charge in [0.2, 0.25) is 0 Å². The Morgan fingerprint density at radius 1 is 1.07 bits per heavy atom. The number of aryl methyl sites for hydroxylation is 1. The number of nitrogens with zero attached hydrogens (tertiary/aromatic N) is 1. The van der Waals surface area contributed by atoms with Gasteiger partial charge in [0.15, 0.2) is 0 Å². The van der Waals surface area contributed by atoms with Crippen LogP contribution in [0.15, 0.2) is 42.6 Å². The molecule has 146 valence electrons. The zero-order valence-corrected chi connectivity index (χ0v) is 17.0. The molecule has 1 N–H and O–H groups in total. The minimum Gasteiger partial charge on any atom is -0.496 e. The molecule has 2 fully saturated rings.